The molecule has 2 unspecified atom stereocenters. The summed E-state index contributed by atoms with van der Waals surface area (Å²) in [6.45, 7) is 1.94. The lowest BCUT2D eigenvalue weighted by molar-refractivity contribution is 0.248. The average molecular weight is 181 g/mol. The Hall–Kier alpha value is 0.0300. The van der Waals surface area contributed by atoms with Crippen molar-refractivity contribution in [3.05, 3.63) is 0 Å². The summed E-state index contributed by atoms with van der Waals surface area (Å²) in [5.74, 6) is 0. The first kappa shape index (κ1) is 11.0. The standard InChI is InChI=1S/C6H15NO3S/c1-2-3-4-6(5-8)7-11(9)10/h6-8H,2-5H2,1H3,(H,9,10). The number of rotatable bonds is 6. The highest BCUT2D eigenvalue weighted by Crippen LogP contribution is 1.99. The van der Waals surface area contributed by atoms with Gasteiger partial charge in [0.25, 0.3) is 0 Å². The van der Waals surface area contributed by atoms with Gasteiger partial charge in [-0.2, -0.15) is 0 Å². The molecule has 0 aromatic heterocycles. The van der Waals surface area contributed by atoms with E-state index < -0.39 is 11.3 Å². The Labute approximate surface area is 69.4 Å². The van der Waals surface area contributed by atoms with Crippen molar-refractivity contribution in [2.24, 2.45) is 0 Å². The molecule has 0 spiro atoms. The van der Waals surface area contributed by atoms with Gasteiger partial charge in [-0.15, -0.1) is 0 Å². The summed E-state index contributed by atoms with van der Waals surface area (Å²) >= 11 is -2.01. The fraction of sp³-hybridized carbons (Fsp3) is 1.00. The third-order valence-corrected chi connectivity index (χ3v) is 1.93. The number of hydrogen-bond acceptors (Lipinski definition) is 2. The van der Waals surface area contributed by atoms with E-state index in [2.05, 4.69) is 4.72 Å². The average Bonchev–Trinajstić information content (AvgIpc) is 1.97. The van der Waals surface area contributed by atoms with Crippen molar-refractivity contribution in [3.63, 3.8) is 0 Å². The second-order valence-corrected chi connectivity index (χ2v) is 3.12. The molecule has 0 aliphatic rings. The van der Waals surface area contributed by atoms with Crippen LogP contribution >= 0.6 is 0 Å². The molecule has 0 aliphatic carbocycles. The van der Waals surface area contributed by atoms with E-state index in [9.17, 15) is 4.21 Å². The number of nitrogens with one attached hydrogen (secondary N) is 1. The first-order valence-corrected chi connectivity index (χ1v) is 4.79. The van der Waals surface area contributed by atoms with Crippen LogP contribution in [0.3, 0.4) is 0 Å². The summed E-state index contributed by atoms with van der Waals surface area (Å²) in [6, 6.07) is -0.249. The maximum atomic E-state index is 10.2. The Kier molecular flexibility index (Phi) is 6.74. The fourth-order valence-electron chi connectivity index (χ4n) is 0.781. The van der Waals surface area contributed by atoms with Gasteiger partial charge in [0.05, 0.1) is 6.61 Å². The lowest BCUT2D eigenvalue weighted by Crippen LogP contribution is -2.33. The van der Waals surface area contributed by atoms with Crippen LogP contribution in [0.25, 0.3) is 0 Å². The minimum absolute atomic E-state index is 0.0910. The lowest BCUT2D eigenvalue weighted by atomic mass is 10.1. The van der Waals surface area contributed by atoms with E-state index in [0.717, 1.165) is 19.3 Å². The first-order chi connectivity index (χ1) is 5.20. The van der Waals surface area contributed by atoms with E-state index in [1.165, 1.54) is 0 Å². The van der Waals surface area contributed by atoms with Crippen molar-refractivity contribution in [2.45, 2.75) is 32.2 Å². The highest BCUT2D eigenvalue weighted by Gasteiger charge is 2.07. The van der Waals surface area contributed by atoms with Crippen LogP contribution in [0.2, 0.25) is 0 Å². The van der Waals surface area contributed by atoms with Crippen LogP contribution in [0.5, 0.6) is 0 Å². The summed E-state index contributed by atoms with van der Waals surface area (Å²) in [7, 11) is 0. The van der Waals surface area contributed by atoms with Crippen LogP contribution in [0, 0.1) is 0 Å². The molecule has 0 aliphatic heterocycles. The molecular formula is C6H15NO3S. The molecule has 0 heterocycles. The van der Waals surface area contributed by atoms with Gasteiger partial charge in [0, 0.05) is 6.04 Å². The molecule has 0 bridgehead atoms. The molecule has 5 heteroatoms. The number of hydrogen-bond donors (Lipinski definition) is 3. The lowest BCUT2D eigenvalue weighted by Gasteiger charge is -2.11. The predicted molar refractivity (Wildman–Crippen MR) is 44.3 cm³/mol. The molecule has 0 aromatic carbocycles. The molecule has 0 amide bonds. The van der Waals surface area contributed by atoms with Crippen molar-refractivity contribution in [1.82, 2.24) is 4.72 Å². The van der Waals surface area contributed by atoms with E-state index in [1.54, 1.807) is 0 Å². The maximum absolute atomic E-state index is 10.2. The SMILES string of the molecule is CCCCC(CO)NS(=O)O. The second kappa shape index (κ2) is 6.72. The monoisotopic (exact) mass is 181 g/mol. The summed E-state index contributed by atoms with van der Waals surface area (Å²) < 4.78 is 21.0. The summed E-state index contributed by atoms with van der Waals surface area (Å²) in [5.41, 5.74) is 0. The van der Waals surface area contributed by atoms with Gasteiger partial charge in [0.1, 0.15) is 0 Å². The van der Waals surface area contributed by atoms with E-state index in [-0.39, 0.29) is 12.6 Å². The smallest absolute Gasteiger partial charge is 0.232 e. The van der Waals surface area contributed by atoms with Crippen LogP contribution in [0.4, 0.5) is 0 Å². The maximum Gasteiger partial charge on any atom is 0.232 e. The number of unbranched alkanes of at least 4 members (excludes halogenated alkanes) is 1. The Morgan fingerprint density at radius 1 is 1.64 bits per heavy atom. The van der Waals surface area contributed by atoms with Gasteiger partial charge in [0.2, 0.25) is 11.3 Å². The number of aliphatic hydroxyl groups is 1. The zero-order chi connectivity index (χ0) is 8.69. The summed E-state index contributed by atoms with van der Waals surface area (Å²) in [5, 5.41) is 8.69. The quantitative estimate of drug-likeness (QED) is 0.515. The Bertz CT molecular complexity index is 120. The van der Waals surface area contributed by atoms with Gasteiger partial charge in [0.15, 0.2) is 0 Å². The van der Waals surface area contributed by atoms with Crippen molar-refractivity contribution < 1.29 is 13.9 Å². The van der Waals surface area contributed by atoms with E-state index in [4.69, 9.17) is 9.66 Å². The van der Waals surface area contributed by atoms with Crippen LogP contribution in [-0.4, -0.2) is 26.5 Å². The molecule has 0 radical (unpaired) electrons. The normalized spacial score (nSPS) is 16.3. The zero-order valence-electron chi connectivity index (χ0n) is 6.62. The molecule has 68 valence electrons. The minimum atomic E-state index is -2.01. The Morgan fingerprint density at radius 3 is 2.64 bits per heavy atom. The highest BCUT2D eigenvalue weighted by atomic mass is 32.2. The molecule has 4 nitrogen and oxygen atoms in total. The van der Waals surface area contributed by atoms with Gasteiger partial charge in [-0.1, -0.05) is 19.8 Å². The molecular weight excluding hydrogens is 166 g/mol. The van der Waals surface area contributed by atoms with E-state index in [0.29, 0.717) is 0 Å². The molecule has 0 saturated heterocycles. The van der Waals surface area contributed by atoms with Crippen LogP contribution < -0.4 is 4.72 Å². The van der Waals surface area contributed by atoms with Crippen molar-refractivity contribution in [1.29, 1.82) is 0 Å². The highest BCUT2D eigenvalue weighted by molar-refractivity contribution is 7.77. The molecule has 0 fully saturated rings. The number of aliphatic hydroxyl groups excluding tert-OH is 1. The van der Waals surface area contributed by atoms with Gasteiger partial charge in [-0.05, 0) is 6.42 Å². The van der Waals surface area contributed by atoms with Gasteiger partial charge < -0.3 is 5.11 Å². The van der Waals surface area contributed by atoms with E-state index in [1.807, 2.05) is 6.92 Å². The fourth-order valence-corrected chi connectivity index (χ4v) is 1.26. The summed E-state index contributed by atoms with van der Waals surface area (Å²) in [6.07, 6.45) is 2.71. The largest absolute Gasteiger partial charge is 0.395 e. The van der Waals surface area contributed by atoms with Crippen molar-refractivity contribution >= 4 is 11.3 Å². The molecule has 0 aromatic rings. The van der Waals surface area contributed by atoms with Gasteiger partial charge in [-0.25, -0.2) is 8.93 Å². The molecule has 2 atom stereocenters. The Morgan fingerprint density at radius 2 is 2.27 bits per heavy atom. The zero-order valence-corrected chi connectivity index (χ0v) is 7.43. The van der Waals surface area contributed by atoms with Crippen molar-refractivity contribution in [3.8, 4) is 0 Å². The Balaban J connectivity index is 3.49. The summed E-state index contributed by atoms with van der Waals surface area (Å²) in [4.78, 5) is 0. The van der Waals surface area contributed by atoms with Crippen LogP contribution in [-0.2, 0) is 11.3 Å². The van der Waals surface area contributed by atoms with Gasteiger partial charge in [-0.3, -0.25) is 4.55 Å². The minimum Gasteiger partial charge on any atom is -0.395 e. The van der Waals surface area contributed by atoms with Gasteiger partial charge >= 0.3 is 0 Å². The molecule has 3 N–H and O–H groups in total. The molecule has 0 saturated carbocycles. The second-order valence-electron chi connectivity index (χ2n) is 2.39. The van der Waals surface area contributed by atoms with Crippen LogP contribution in [0.1, 0.15) is 26.2 Å². The third kappa shape index (κ3) is 6.43. The molecule has 0 rings (SSSR count). The predicted octanol–water partition coefficient (Wildman–Crippen LogP) is 0.264. The topological polar surface area (TPSA) is 69.6 Å². The third-order valence-electron chi connectivity index (χ3n) is 1.39. The van der Waals surface area contributed by atoms with E-state index >= 15 is 0 Å². The molecule has 11 heavy (non-hydrogen) atoms. The van der Waals surface area contributed by atoms with Crippen LogP contribution in [0.15, 0.2) is 0 Å². The first-order valence-electron chi connectivity index (χ1n) is 3.68. The van der Waals surface area contributed by atoms with Crippen molar-refractivity contribution in [2.75, 3.05) is 6.61 Å².